The van der Waals surface area contributed by atoms with Crippen LogP contribution in [0.5, 0.6) is 0 Å². The number of hydrogen-bond acceptors (Lipinski definition) is 5. The first-order valence-corrected chi connectivity index (χ1v) is 7.40. The first kappa shape index (κ1) is 14.0. The summed E-state index contributed by atoms with van der Waals surface area (Å²) in [5.41, 5.74) is -1.58. The number of aliphatic hydroxyl groups is 1. The fourth-order valence-electron chi connectivity index (χ4n) is 2.25. The van der Waals surface area contributed by atoms with E-state index in [9.17, 15) is 18.3 Å². The van der Waals surface area contributed by atoms with Crippen molar-refractivity contribution in [3.8, 4) is 0 Å². The Kier molecular flexibility index (Phi) is 3.62. The summed E-state index contributed by atoms with van der Waals surface area (Å²) in [6.07, 6.45) is -0.165. The Bertz CT molecular complexity index is 594. The van der Waals surface area contributed by atoms with Gasteiger partial charge in [0, 0.05) is 12.0 Å². The second kappa shape index (κ2) is 4.92. The van der Waals surface area contributed by atoms with Gasteiger partial charge in [-0.1, -0.05) is 18.2 Å². The van der Waals surface area contributed by atoms with Gasteiger partial charge >= 0.3 is 5.97 Å². The van der Waals surface area contributed by atoms with E-state index in [0.717, 1.165) is 0 Å². The van der Waals surface area contributed by atoms with Crippen molar-refractivity contribution < 1.29 is 28.2 Å². The monoisotopic (exact) mass is 286 g/mol. The van der Waals surface area contributed by atoms with Crippen LogP contribution in [0.25, 0.3) is 0 Å². The molecule has 0 saturated heterocycles. The Balaban J connectivity index is 2.62. The van der Waals surface area contributed by atoms with Crippen molar-refractivity contribution in [3.05, 3.63) is 29.8 Å². The van der Waals surface area contributed by atoms with Gasteiger partial charge in [0.05, 0.1) is 23.9 Å². The van der Waals surface area contributed by atoms with Crippen molar-refractivity contribution in [2.24, 2.45) is 0 Å². The maximum absolute atomic E-state index is 12.0. The first-order valence-electron chi connectivity index (χ1n) is 5.74. The van der Waals surface area contributed by atoms with Gasteiger partial charge in [-0.3, -0.25) is 0 Å². The average Bonchev–Trinajstić information content (AvgIpc) is 2.38. The van der Waals surface area contributed by atoms with Crippen LogP contribution in [0.2, 0.25) is 0 Å². The number of benzene rings is 1. The SMILES string of the molecule is O=C(O)C1(OCCO)CCS(=O)(=O)c2ccccc21. The van der Waals surface area contributed by atoms with Crippen LogP contribution in [-0.2, 0) is 25.0 Å². The molecule has 0 saturated carbocycles. The lowest BCUT2D eigenvalue weighted by atomic mass is 9.90. The van der Waals surface area contributed by atoms with Crippen molar-refractivity contribution >= 4 is 15.8 Å². The highest BCUT2D eigenvalue weighted by Gasteiger charge is 2.48. The highest BCUT2D eigenvalue weighted by molar-refractivity contribution is 7.91. The number of sulfone groups is 1. The number of ether oxygens (including phenoxy) is 1. The van der Waals surface area contributed by atoms with E-state index in [1.54, 1.807) is 12.1 Å². The van der Waals surface area contributed by atoms with Gasteiger partial charge in [0.25, 0.3) is 0 Å². The third kappa shape index (κ3) is 2.24. The lowest BCUT2D eigenvalue weighted by Gasteiger charge is -2.34. The van der Waals surface area contributed by atoms with Gasteiger partial charge in [0.15, 0.2) is 15.4 Å². The van der Waals surface area contributed by atoms with Gasteiger partial charge in [-0.2, -0.15) is 0 Å². The van der Waals surface area contributed by atoms with Crippen LogP contribution in [-0.4, -0.2) is 43.6 Å². The van der Waals surface area contributed by atoms with E-state index in [4.69, 9.17) is 9.84 Å². The number of carboxylic acids is 1. The molecule has 2 N–H and O–H groups in total. The lowest BCUT2D eigenvalue weighted by molar-refractivity contribution is -0.170. The van der Waals surface area contributed by atoms with E-state index in [1.807, 2.05) is 0 Å². The van der Waals surface area contributed by atoms with Crippen molar-refractivity contribution in [1.82, 2.24) is 0 Å². The van der Waals surface area contributed by atoms with Gasteiger partial charge in [0.1, 0.15) is 0 Å². The number of hydrogen-bond donors (Lipinski definition) is 2. The van der Waals surface area contributed by atoms with Crippen LogP contribution < -0.4 is 0 Å². The molecule has 2 rings (SSSR count). The van der Waals surface area contributed by atoms with Crippen LogP contribution in [0.1, 0.15) is 12.0 Å². The number of aliphatic carboxylic acids is 1. The van der Waals surface area contributed by atoms with Gasteiger partial charge in [-0.25, -0.2) is 13.2 Å². The minimum Gasteiger partial charge on any atom is -0.479 e. The molecule has 0 bridgehead atoms. The quantitative estimate of drug-likeness (QED) is 0.817. The number of rotatable bonds is 4. The van der Waals surface area contributed by atoms with E-state index in [-0.39, 0.29) is 35.8 Å². The maximum atomic E-state index is 12.0. The molecule has 0 amide bonds. The lowest BCUT2D eigenvalue weighted by Crippen LogP contribution is -2.45. The fourth-order valence-corrected chi connectivity index (χ4v) is 3.88. The molecule has 0 aromatic heterocycles. The summed E-state index contributed by atoms with van der Waals surface area (Å²) in [7, 11) is -3.48. The first-order chi connectivity index (χ1) is 8.94. The zero-order chi connectivity index (χ0) is 14.1. The second-order valence-corrected chi connectivity index (χ2v) is 6.35. The fraction of sp³-hybridized carbons (Fsp3) is 0.417. The molecule has 104 valence electrons. The molecule has 0 radical (unpaired) electrons. The molecule has 1 heterocycles. The molecule has 0 aliphatic carbocycles. The predicted octanol–water partition coefficient (Wildman–Crippen LogP) is 0.153. The van der Waals surface area contributed by atoms with E-state index < -0.39 is 21.4 Å². The van der Waals surface area contributed by atoms with Crippen LogP contribution in [0, 0.1) is 0 Å². The van der Waals surface area contributed by atoms with Crippen molar-refractivity contribution in [3.63, 3.8) is 0 Å². The van der Waals surface area contributed by atoms with E-state index >= 15 is 0 Å². The van der Waals surface area contributed by atoms with Crippen LogP contribution >= 0.6 is 0 Å². The minimum atomic E-state index is -3.48. The summed E-state index contributed by atoms with van der Waals surface area (Å²) in [5, 5.41) is 18.2. The van der Waals surface area contributed by atoms with Crippen molar-refractivity contribution in [2.45, 2.75) is 16.9 Å². The summed E-state index contributed by atoms with van der Waals surface area (Å²) < 4.78 is 29.2. The standard InChI is InChI=1S/C12H14O6S/c13-6-7-18-12(11(14)15)5-8-19(16,17)10-4-2-1-3-9(10)12/h1-4,13H,5-8H2,(H,14,15). The smallest absolute Gasteiger partial charge is 0.340 e. The van der Waals surface area contributed by atoms with E-state index in [1.165, 1.54) is 12.1 Å². The van der Waals surface area contributed by atoms with E-state index in [0.29, 0.717) is 0 Å². The van der Waals surface area contributed by atoms with Crippen LogP contribution in [0.4, 0.5) is 0 Å². The molecule has 7 heteroatoms. The predicted molar refractivity (Wildman–Crippen MR) is 65.5 cm³/mol. The maximum Gasteiger partial charge on any atom is 0.340 e. The normalized spacial score (nSPS) is 24.7. The largest absolute Gasteiger partial charge is 0.479 e. The summed E-state index contributed by atoms with van der Waals surface area (Å²) in [6.45, 7) is -0.495. The molecule has 1 aromatic carbocycles. The Hall–Kier alpha value is -1.44. The Morgan fingerprint density at radius 1 is 1.37 bits per heavy atom. The second-order valence-electron chi connectivity index (χ2n) is 4.27. The van der Waals surface area contributed by atoms with Crippen molar-refractivity contribution in [2.75, 3.05) is 19.0 Å². The molecule has 6 nitrogen and oxygen atoms in total. The highest BCUT2D eigenvalue weighted by Crippen LogP contribution is 2.39. The van der Waals surface area contributed by atoms with Gasteiger partial charge in [-0.15, -0.1) is 0 Å². The summed E-state index contributed by atoms with van der Waals surface area (Å²) in [6, 6.07) is 5.93. The average molecular weight is 286 g/mol. The summed E-state index contributed by atoms with van der Waals surface area (Å²) >= 11 is 0. The Morgan fingerprint density at radius 3 is 2.68 bits per heavy atom. The third-order valence-corrected chi connectivity index (χ3v) is 4.93. The molecule has 1 aliphatic rings. The van der Waals surface area contributed by atoms with Crippen LogP contribution in [0.3, 0.4) is 0 Å². The van der Waals surface area contributed by atoms with Gasteiger partial charge in [-0.05, 0) is 6.07 Å². The Morgan fingerprint density at radius 2 is 2.05 bits per heavy atom. The minimum absolute atomic E-state index is 0.0124. The number of fused-ring (bicyclic) bond motifs is 1. The summed E-state index contributed by atoms with van der Waals surface area (Å²) in [5.74, 6) is -1.54. The molecule has 1 unspecified atom stereocenters. The molecule has 1 atom stereocenters. The molecule has 1 aromatic rings. The molecule has 0 spiro atoms. The molecular formula is C12H14O6S. The van der Waals surface area contributed by atoms with Gasteiger partial charge in [0.2, 0.25) is 0 Å². The molecule has 19 heavy (non-hydrogen) atoms. The zero-order valence-corrected chi connectivity index (χ0v) is 10.9. The van der Waals surface area contributed by atoms with Gasteiger partial charge < -0.3 is 14.9 Å². The topological polar surface area (TPSA) is 101 Å². The third-order valence-electron chi connectivity index (χ3n) is 3.17. The molecule has 1 aliphatic heterocycles. The molecular weight excluding hydrogens is 272 g/mol. The molecule has 0 fully saturated rings. The number of carboxylic acid groups (broad SMARTS) is 1. The van der Waals surface area contributed by atoms with Crippen molar-refractivity contribution in [1.29, 1.82) is 0 Å². The highest BCUT2D eigenvalue weighted by atomic mass is 32.2. The number of carbonyl (C=O) groups is 1. The van der Waals surface area contributed by atoms with Crippen LogP contribution in [0.15, 0.2) is 29.2 Å². The Labute approximate surface area is 110 Å². The summed E-state index contributed by atoms with van der Waals surface area (Å²) in [4.78, 5) is 11.5. The zero-order valence-electron chi connectivity index (χ0n) is 10.1. The number of aliphatic hydroxyl groups excluding tert-OH is 1. The van der Waals surface area contributed by atoms with E-state index in [2.05, 4.69) is 0 Å².